The number of imidazole rings is 1. The van der Waals surface area contributed by atoms with E-state index >= 15 is 0 Å². The van der Waals surface area contributed by atoms with Crippen molar-refractivity contribution in [1.29, 1.82) is 0 Å². The largest absolute Gasteiger partial charge is 0.436 e. The van der Waals surface area contributed by atoms with Gasteiger partial charge in [-0.1, -0.05) is 42.6 Å². The summed E-state index contributed by atoms with van der Waals surface area (Å²) in [5.74, 6) is 5.52. The first kappa shape index (κ1) is 22.3. The van der Waals surface area contributed by atoms with Crippen molar-refractivity contribution in [1.82, 2.24) is 14.6 Å². The van der Waals surface area contributed by atoms with Crippen LogP contribution < -0.4 is 11.6 Å². The van der Waals surface area contributed by atoms with Crippen LogP contribution in [0.5, 0.6) is 0 Å². The fourth-order valence-electron chi connectivity index (χ4n) is 2.83. The molecule has 0 spiro atoms. The monoisotopic (exact) mass is 424 g/mol. The number of rotatable bonds is 10. The maximum absolute atomic E-state index is 11.5. The zero-order valence-electron chi connectivity index (χ0n) is 15.9. The van der Waals surface area contributed by atoms with E-state index in [2.05, 4.69) is 4.98 Å². The predicted octanol–water partition coefficient (Wildman–Crippen LogP) is 1.48. The van der Waals surface area contributed by atoms with E-state index < -0.39 is 20.3 Å². The summed E-state index contributed by atoms with van der Waals surface area (Å²) in [7, 11) is -4.12. The summed E-state index contributed by atoms with van der Waals surface area (Å²) in [6, 6.07) is 6.88. The maximum Gasteiger partial charge on any atom is 0.436 e. The number of nitro groups is 1. The second-order valence-electron chi connectivity index (χ2n) is 6.52. The number of hydrogen-bond acceptors (Lipinski definition) is 8. The molecule has 1 aromatic heterocycles. The standard InChI is InChI=1S/C17H24N6O5S/c1-2-3-15(29(26,27)28)10-13-4-6-14(7-5-13)16(18)11-22(19)12-21-9-8-20-17(21)23(24)25/h4-9,11,15H,2-3,10,12,18-19H2,1H3,(H,26,27,28)/b16-11-. The van der Waals surface area contributed by atoms with E-state index in [-0.39, 0.29) is 19.0 Å². The summed E-state index contributed by atoms with van der Waals surface area (Å²) in [6.45, 7) is 1.83. The minimum absolute atomic E-state index is 0.0256. The molecule has 0 radical (unpaired) electrons. The van der Waals surface area contributed by atoms with Crippen molar-refractivity contribution >= 4 is 21.8 Å². The molecule has 1 heterocycles. The summed E-state index contributed by atoms with van der Waals surface area (Å²) in [6.07, 6.45) is 5.36. The molecular weight excluding hydrogens is 400 g/mol. The lowest BCUT2D eigenvalue weighted by molar-refractivity contribution is -0.397. The molecule has 0 bridgehead atoms. The molecule has 158 valence electrons. The molecule has 0 aliphatic rings. The van der Waals surface area contributed by atoms with Gasteiger partial charge < -0.3 is 15.8 Å². The topological polar surface area (TPSA) is 171 Å². The van der Waals surface area contributed by atoms with Gasteiger partial charge in [0.15, 0.2) is 6.67 Å². The predicted molar refractivity (Wildman–Crippen MR) is 107 cm³/mol. The van der Waals surface area contributed by atoms with Gasteiger partial charge in [-0.05, 0) is 28.9 Å². The second-order valence-corrected chi connectivity index (χ2v) is 8.22. The molecule has 0 saturated carbocycles. The molecule has 2 rings (SSSR count). The second kappa shape index (κ2) is 9.49. The molecule has 5 N–H and O–H groups in total. The van der Waals surface area contributed by atoms with Crippen LogP contribution in [0.25, 0.3) is 5.70 Å². The first-order chi connectivity index (χ1) is 13.6. The molecule has 29 heavy (non-hydrogen) atoms. The van der Waals surface area contributed by atoms with Crippen LogP contribution in [-0.4, -0.2) is 37.7 Å². The van der Waals surface area contributed by atoms with Gasteiger partial charge >= 0.3 is 5.95 Å². The highest BCUT2D eigenvalue weighted by Crippen LogP contribution is 2.17. The number of hydrogen-bond donors (Lipinski definition) is 3. The lowest BCUT2D eigenvalue weighted by Gasteiger charge is -2.15. The van der Waals surface area contributed by atoms with Crippen molar-refractivity contribution < 1.29 is 17.9 Å². The Balaban J connectivity index is 2.08. The highest BCUT2D eigenvalue weighted by atomic mass is 32.2. The first-order valence-corrected chi connectivity index (χ1v) is 10.3. The number of hydrazine groups is 1. The van der Waals surface area contributed by atoms with E-state index in [1.807, 2.05) is 6.92 Å². The highest BCUT2D eigenvalue weighted by molar-refractivity contribution is 7.86. The third-order valence-electron chi connectivity index (χ3n) is 4.26. The van der Waals surface area contributed by atoms with Gasteiger partial charge in [-0.2, -0.15) is 8.42 Å². The SMILES string of the molecule is CCCC(Cc1ccc(/C(N)=C/N(N)Cn2ccnc2[N+](=O)[O-])cc1)S(=O)(=O)O. The molecule has 0 aliphatic carbocycles. The van der Waals surface area contributed by atoms with Crippen molar-refractivity contribution in [3.63, 3.8) is 0 Å². The van der Waals surface area contributed by atoms with Crippen LogP contribution in [0, 0.1) is 10.1 Å². The summed E-state index contributed by atoms with van der Waals surface area (Å²) < 4.78 is 33.6. The summed E-state index contributed by atoms with van der Waals surface area (Å²) in [5.41, 5.74) is 7.75. The van der Waals surface area contributed by atoms with Crippen molar-refractivity contribution in [3.8, 4) is 0 Å². The van der Waals surface area contributed by atoms with Gasteiger partial charge in [0.2, 0.25) is 0 Å². The van der Waals surface area contributed by atoms with Crippen LogP contribution in [0.3, 0.4) is 0 Å². The lowest BCUT2D eigenvalue weighted by Crippen LogP contribution is -2.29. The van der Waals surface area contributed by atoms with Gasteiger partial charge in [-0.15, -0.1) is 0 Å². The van der Waals surface area contributed by atoms with Gasteiger partial charge in [-0.25, -0.2) is 10.4 Å². The number of benzene rings is 1. The molecular formula is C17H24N6O5S. The van der Waals surface area contributed by atoms with Gasteiger partial charge in [0, 0.05) is 6.20 Å². The van der Waals surface area contributed by atoms with E-state index in [1.165, 1.54) is 28.2 Å². The van der Waals surface area contributed by atoms with Crippen LogP contribution in [0.4, 0.5) is 5.95 Å². The molecule has 0 fully saturated rings. The Labute approximate surface area is 168 Å². The van der Waals surface area contributed by atoms with Crippen LogP contribution in [0.2, 0.25) is 0 Å². The Hall–Kier alpha value is -2.96. The lowest BCUT2D eigenvalue weighted by atomic mass is 10.0. The molecule has 2 aromatic rings. The Kier molecular flexibility index (Phi) is 7.31. The van der Waals surface area contributed by atoms with Crippen molar-refractivity contribution in [2.75, 3.05) is 0 Å². The number of nitrogens with zero attached hydrogens (tertiary/aromatic N) is 4. The normalized spacial score (nSPS) is 13.3. The van der Waals surface area contributed by atoms with Crippen LogP contribution in [-0.2, 0) is 23.2 Å². The molecule has 0 saturated heterocycles. The molecule has 12 heteroatoms. The fraction of sp³-hybridized carbons (Fsp3) is 0.353. The minimum atomic E-state index is -4.12. The number of aromatic nitrogens is 2. The Morgan fingerprint density at radius 3 is 2.62 bits per heavy atom. The van der Waals surface area contributed by atoms with Crippen LogP contribution in [0.15, 0.2) is 42.9 Å². The molecule has 0 aliphatic heterocycles. The van der Waals surface area contributed by atoms with Crippen LogP contribution in [0.1, 0.15) is 30.9 Å². The molecule has 11 nitrogen and oxygen atoms in total. The number of nitrogens with two attached hydrogens (primary N) is 2. The zero-order valence-corrected chi connectivity index (χ0v) is 16.7. The highest BCUT2D eigenvalue weighted by Gasteiger charge is 2.22. The molecule has 1 aromatic carbocycles. The third kappa shape index (κ3) is 6.27. The fourth-order valence-corrected chi connectivity index (χ4v) is 3.76. The zero-order chi connectivity index (χ0) is 21.6. The smallest absolute Gasteiger partial charge is 0.397 e. The van der Waals surface area contributed by atoms with E-state index in [4.69, 9.17) is 11.6 Å². The quantitative estimate of drug-likeness (QED) is 0.221. The van der Waals surface area contributed by atoms with Crippen molar-refractivity contribution in [3.05, 3.63) is 64.1 Å². The maximum atomic E-state index is 11.5. The average molecular weight is 424 g/mol. The summed E-state index contributed by atoms with van der Waals surface area (Å²) >= 11 is 0. The van der Waals surface area contributed by atoms with Crippen molar-refractivity contribution in [2.45, 2.75) is 38.1 Å². The molecule has 1 atom stereocenters. The third-order valence-corrected chi connectivity index (χ3v) is 5.50. The van der Waals surface area contributed by atoms with E-state index in [9.17, 15) is 23.1 Å². The molecule has 1 unspecified atom stereocenters. The Morgan fingerprint density at radius 2 is 2.07 bits per heavy atom. The van der Waals surface area contributed by atoms with Gasteiger partial charge in [0.1, 0.15) is 12.4 Å². The van der Waals surface area contributed by atoms with Crippen molar-refractivity contribution in [2.24, 2.45) is 11.6 Å². The van der Waals surface area contributed by atoms with E-state index in [0.29, 0.717) is 24.1 Å². The minimum Gasteiger partial charge on any atom is -0.397 e. The van der Waals surface area contributed by atoms with Gasteiger partial charge in [0.25, 0.3) is 10.1 Å². The Morgan fingerprint density at radius 1 is 1.41 bits per heavy atom. The van der Waals surface area contributed by atoms with E-state index in [1.54, 1.807) is 24.3 Å². The van der Waals surface area contributed by atoms with Gasteiger partial charge in [-0.3, -0.25) is 9.56 Å². The first-order valence-electron chi connectivity index (χ1n) is 8.81. The average Bonchev–Trinajstić information content (AvgIpc) is 3.09. The van der Waals surface area contributed by atoms with Crippen LogP contribution >= 0.6 is 0 Å². The van der Waals surface area contributed by atoms with E-state index in [0.717, 1.165) is 5.56 Å². The summed E-state index contributed by atoms with van der Waals surface area (Å²) in [5, 5.41) is 11.2. The Bertz CT molecular complexity index is 970. The summed E-state index contributed by atoms with van der Waals surface area (Å²) in [4.78, 5) is 13.9. The van der Waals surface area contributed by atoms with Gasteiger partial charge in [0.05, 0.1) is 10.9 Å². The molecule has 0 amide bonds.